The number of sulfonamides is 1. The first-order valence-corrected chi connectivity index (χ1v) is 11.7. The van der Waals surface area contributed by atoms with Crippen molar-refractivity contribution < 1.29 is 32.3 Å². The van der Waals surface area contributed by atoms with Gasteiger partial charge in [0.05, 0.1) is 17.1 Å². The number of amides is 1. The molecule has 180 valence electrons. The molecule has 33 heavy (non-hydrogen) atoms. The topological polar surface area (TPSA) is 135 Å². The van der Waals surface area contributed by atoms with E-state index in [0.29, 0.717) is 16.8 Å². The minimum absolute atomic E-state index is 0.0158. The lowest BCUT2D eigenvalue weighted by molar-refractivity contribution is -0.123. The normalized spacial score (nSPS) is 12.4. The minimum atomic E-state index is -3.69. The fourth-order valence-corrected chi connectivity index (χ4v) is 4.01. The molecule has 2 aromatic rings. The first-order valence-electron chi connectivity index (χ1n) is 10.2. The van der Waals surface area contributed by atoms with Gasteiger partial charge in [0.2, 0.25) is 10.0 Å². The van der Waals surface area contributed by atoms with E-state index in [1.54, 1.807) is 33.8 Å². The molecule has 0 fully saturated rings. The molecule has 1 aromatic carbocycles. The summed E-state index contributed by atoms with van der Waals surface area (Å²) >= 11 is 0. The number of benzene rings is 1. The van der Waals surface area contributed by atoms with E-state index in [1.807, 2.05) is 0 Å². The predicted octanol–water partition coefficient (Wildman–Crippen LogP) is 2.55. The number of nitrogens with zero attached hydrogens (tertiary/aromatic N) is 1. The molecule has 0 spiro atoms. The van der Waals surface area contributed by atoms with Gasteiger partial charge in [0.1, 0.15) is 5.69 Å². The average molecular weight is 480 g/mol. The summed E-state index contributed by atoms with van der Waals surface area (Å²) in [6.45, 7) is 8.18. The van der Waals surface area contributed by atoms with Gasteiger partial charge in [-0.25, -0.2) is 22.3 Å². The summed E-state index contributed by atoms with van der Waals surface area (Å²) in [6.07, 6.45) is -1.19. The van der Waals surface area contributed by atoms with Crippen LogP contribution in [0.15, 0.2) is 23.1 Å². The predicted molar refractivity (Wildman–Crippen MR) is 122 cm³/mol. The maximum atomic E-state index is 12.6. The molecule has 1 atom stereocenters. The number of ether oxygens (including phenoxy) is 2. The number of H-pyrrole nitrogens is 1. The van der Waals surface area contributed by atoms with Crippen LogP contribution in [0.25, 0.3) is 0 Å². The zero-order valence-electron chi connectivity index (χ0n) is 19.7. The SMILES string of the molecule is CCOC(=O)c1c(C)[nH]c(C(=O)O[C@@H](C)C(=O)Nc2cc(S(=O)(=O)N(C)C)ccc2C)c1C. The number of carbonyl (C=O) groups excluding carboxylic acids is 3. The van der Waals surface area contributed by atoms with E-state index >= 15 is 0 Å². The maximum Gasteiger partial charge on any atom is 0.355 e. The Morgan fingerprint density at radius 3 is 2.33 bits per heavy atom. The summed E-state index contributed by atoms with van der Waals surface area (Å²) in [5.74, 6) is -2.01. The van der Waals surface area contributed by atoms with E-state index in [0.717, 1.165) is 4.31 Å². The molecular formula is C22H29N3O7S. The Kier molecular flexibility index (Phi) is 8.04. The molecule has 0 aliphatic heterocycles. The highest BCUT2D eigenvalue weighted by atomic mass is 32.2. The first-order chi connectivity index (χ1) is 15.3. The Hall–Kier alpha value is -3.18. The second kappa shape index (κ2) is 10.2. The third-order valence-electron chi connectivity index (χ3n) is 5.02. The Labute approximate surface area is 193 Å². The van der Waals surface area contributed by atoms with Crippen LogP contribution in [-0.4, -0.2) is 62.4 Å². The zero-order valence-corrected chi connectivity index (χ0v) is 20.5. The van der Waals surface area contributed by atoms with E-state index in [2.05, 4.69) is 10.3 Å². The van der Waals surface area contributed by atoms with E-state index in [9.17, 15) is 22.8 Å². The lowest BCUT2D eigenvalue weighted by atomic mass is 10.1. The van der Waals surface area contributed by atoms with E-state index < -0.39 is 34.0 Å². The highest BCUT2D eigenvalue weighted by molar-refractivity contribution is 7.89. The van der Waals surface area contributed by atoms with Crippen molar-refractivity contribution in [2.24, 2.45) is 0 Å². The number of aromatic nitrogens is 1. The third-order valence-corrected chi connectivity index (χ3v) is 6.83. The summed E-state index contributed by atoms with van der Waals surface area (Å²) in [5, 5.41) is 2.60. The van der Waals surface area contributed by atoms with Crippen LogP contribution in [0, 0.1) is 20.8 Å². The van der Waals surface area contributed by atoms with Crippen molar-refractivity contribution >= 4 is 33.6 Å². The largest absolute Gasteiger partial charge is 0.462 e. The quantitative estimate of drug-likeness (QED) is 0.556. The van der Waals surface area contributed by atoms with E-state index in [1.165, 1.54) is 33.2 Å². The van der Waals surface area contributed by atoms with Gasteiger partial charge in [-0.15, -0.1) is 0 Å². The van der Waals surface area contributed by atoms with Crippen molar-refractivity contribution in [2.45, 2.75) is 45.6 Å². The van der Waals surface area contributed by atoms with Gasteiger partial charge in [0, 0.05) is 25.5 Å². The van der Waals surface area contributed by atoms with E-state index in [4.69, 9.17) is 9.47 Å². The standard InChI is InChI=1S/C22H29N3O7S/c1-8-31-21(27)18-13(3)19(23-14(18)4)22(28)32-15(5)20(26)24-17-11-16(10-9-12(17)2)33(29,30)25(6)7/h9-11,15,23H,8H2,1-7H3,(H,24,26)/t15-/m0/s1. The molecule has 0 aliphatic carbocycles. The smallest absolute Gasteiger partial charge is 0.355 e. The van der Waals surface area contributed by atoms with Crippen molar-refractivity contribution in [3.63, 3.8) is 0 Å². The molecule has 0 radical (unpaired) electrons. The Bertz CT molecular complexity index is 1180. The van der Waals surface area contributed by atoms with Gasteiger partial charge in [0.15, 0.2) is 6.10 Å². The Morgan fingerprint density at radius 2 is 1.76 bits per heavy atom. The van der Waals surface area contributed by atoms with Gasteiger partial charge in [-0.2, -0.15) is 0 Å². The van der Waals surface area contributed by atoms with Crippen LogP contribution in [0.5, 0.6) is 0 Å². The number of hydrogen-bond donors (Lipinski definition) is 2. The van der Waals surface area contributed by atoms with Crippen molar-refractivity contribution in [1.82, 2.24) is 9.29 Å². The molecular weight excluding hydrogens is 450 g/mol. The Balaban J connectivity index is 2.19. The molecule has 1 heterocycles. The number of nitrogens with one attached hydrogen (secondary N) is 2. The fraction of sp³-hybridized carbons (Fsp3) is 0.409. The number of rotatable bonds is 8. The summed E-state index contributed by atoms with van der Waals surface area (Å²) in [5.41, 5.74) is 2.02. The molecule has 11 heteroatoms. The van der Waals surface area contributed by atoms with Crippen molar-refractivity contribution in [2.75, 3.05) is 26.0 Å². The zero-order chi connectivity index (χ0) is 25.1. The molecule has 2 rings (SSSR count). The second-order valence-corrected chi connectivity index (χ2v) is 9.80. The van der Waals surface area contributed by atoms with Crippen LogP contribution in [-0.2, 0) is 24.3 Å². The summed E-state index contributed by atoms with van der Waals surface area (Å²) in [7, 11) is -0.872. The number of carbonyl (C=O) groups is 3. The van der Waals surface area contributed by atoms with Crippen LogP contribution in [0.1, 0.15) is 51.5 Å². The lowest BCUT2D eigenvalue weighted by Gasteiger charge is -2.17. The molecule has 1 amide bonds. The average Bonchev–Trinajstić information content (AvgIpc) is 3.03. The highest BCUT2D eigenvalue weighted by Crippen LogP contribution is 2.23. The summed E-state index contributed by atoms with van der Waals surface area (Å²) in [6, 6.07) is 4.37. The molecule has 2 N–H and O–H groups in total. The molecule has 0 unspecified atom stereocenters. The van der Waals surface area contributed by atoms with E-state index in [-0.39, 0.29) is 28.4 Å². The van der Waals surface area contributed by atoms with Gasteiger partial charge in [-0.05, 0) is 57.9 Å². The number of aromatic amines is 1. The van der Waals surface area contributed by atoms with Crippen LogP contribution in [0.3, 0.4) is 0 Å². The minimum Gasteiger partial charge on any atom is -0.462 e. The summed E-state index contributed by atoms with van der Waals surface area (Å²) < 4.78 is 36.1. The Morgan fingerprint density at radius 1 is 1.12 bits per heavy atom. The molecule has 0 saturated carbocycles. The van der Waals surface area contributed by atoms with Gasteiger partial charge in [-0.1, -0.05) is 6.07 Å². The summed E-state index contributed by atoms with van der Waals surface area (Å²) in [4.78, 5) is 40.2. The molecule has 0 aliphatic rings. The number of aryl methyl sites for hydroxylation is 2. The monoisotopic (exact) mass is 479 g/mol. The third kappa shape index (κ3) is 5.60. The molecule has 0 saturated heterocycles. The van der Waals surface area contributed by atoms with Crippen LogP contribution in [0.2, 0.25) is 0 Å². The van der Waals surface area contributed by atoms with Gasteiger partial charge >= 0.3 is 11.9 Å². The van der Waals surface area contributed by atoms with Crippen molar-refractivity contribution in [3.05, 3.63) is 46.3 Å². The molecule has 1 aromatic heterocycles. The van der Waals surface area contributed by atoms with Gasteiger partial charge in [-0.3, -0.25) is 4.79 Å². The number of esters is 2. The molecule has 10 nitrogen and oxygen atoms in total. The first kappa shape index (κ1) is 26.1. The number of hydrogen-bond acceptors (Lipinski definition) is 7. The molecule has 0 bridgehead atoms. The van der Waals surface area contributed by atoms with Crippen molar-refractivity contribution in [3.8, 4) is 0 Å². The fourth-order valence-electron chi connectivity index (χ4n) is 3.08. The lowest BCUT2D eigenvalue weighted by Crippen LogP contribution is -2.30. The maximum absolute atomic E-state index is 12.6. The van der Waals surface area contributed by atoms with Crippen LogP contribution < -0.4 is 5.32 Å². The van der Waals surface area contributed by atoms with Crippen LogP contribution >= 0.6 is 0 Å². The van der Waals surface area contributed by atoms with Crippen LogP contribution in [0.4, 0.5) is 5.69 Å². The number of anilines is 1. The highest BCUT2D eigenvalue weighted by Gasteiger charge is 2.27. The van der Waals surface area contributed by atoms with Gasteiger partial charge in [0.25, 0.3) is 5.91 Å². The van der Waals surface area contributed by atoms with Gasteiger partial charge < -0.3 is 19.8 Å². The second-order valence-electron chi connectivity index (χ2n) is 7.65. The van der Waals surface area contributed by atoms with Crippen molar-refractivity contribution in [1.29, 1.82) is 0 Å².